The molecule has 2 aliphatic rings. The van der Waals surface area contributed by atoms with Crippen molar-refractivity contribution in [1.29, 1.82) is 0 Å². The predicted octanol–water partition coefficient (Wildman–Crippen LogP) is 9.95. The number of carbonyl (C=O) groups excluding carboxylic acids is 2. The van der Waals surface area contributed by atoms with Crippen LogP contribution in [0.3, 0.4) is 0 Å². The monoisotopic (exact) mass is 920 g/mol. The van der Waals surface area contributed by atoms with E-state index in [9.17, 15) is 9.59 Å². The summed E-state index contributed by atoms with van der Waals surface area (Å²) in [5.41, 5.74) is 1.54. The summed E-state index contributed by atoms with van der Waals surface area (Å²) in [5, 5.41) is 0. The highest BCUT2D eigenvalue weighted by molar-refractivity contribution is 5.70. The molecule has 0 amide bonds. The number of benzene rings is 2. The largest absolute Gasteiger partial charge is 0.490 e. The quantitative estimate of drug-likeness (QED) is 0.0500. The first kappa shape index (κ1) is 53.6. The van der Waals surface area contributed by atoms with E-state index in [-0.39, 0.29) is 50.2 Å². The summed E-state index contributed by atoms with van der Waals surface area (Å²) in [7, 11) is 0. The van der Waals surface area contributed by atoms with Crippen LogP contribution < -0.4 is 9.47 Å². The highest BCUT2D eigenvalue weighted by Crippen LogP contribution is 2.40. The summed E-state index contributed by atoms with van der Waals surface area (Å²) < 4.78 is 35.1. The molecule has 352 valence electrons. The second-order valence-corrected chi connectivity index (χ2v) is 16.5. The molecule has 69 heavy (non-hydrogen) atoms. The second kappa shape index (κ2) is 31.9. The van der Waals surface area contributed by atoms with Crippen LogP contribution in [0, 0.1) is 118 Å². The third-order valence-electron chi connectivity index (χ3n) is 11.3. The van der Waals surface area contributed by atoms with E-state index in [1.54, 1.807) is 38.1 Å². The Kier molecular flexibility index (Phi) is 24.8. The Hall–Kier alpha value is -7.98. The molecule has 0 spiro atoms. The lowest BCUT2D eigenvalue weighted by atomic mass is 9.72. The van der Waals surface area contributed by atoms with Gasteiger partial charge in [-0.3, -0.25) is 9.59 Å². The van der Waals surface area contributed by atoms with Gasteiger partial charge in [0, 0.05) is 24.0 Å². The summed E-state index contributed by atoms with van der Waals surface area (Å²) >= 11 is 0. The molecule has 0 bridgehead atoms. The minimum absolute atomic E-state index is 0.0948. The molecule has 0 aromatic heterocycles. The van der Waals surface area contributed by atoms with E-state index in [1.807, 2.05) is 24.3 Å². The van der Waals surface area contributed by atoms with Crippen molar-refractivity contribution in [2.45, 2.75) is 96.7 Å². The lowest BCUT2D eigenvalue weighted by Gasteiger charge is -2.34. The smallest absolute Gasteiger partial charge is 0.306 e. The number of ether oxygens (including phenoxy) is 6. The zero-order chi connectivity index (χ0) is 49.3. The summed E-state index contributed by atoms with van der Waals surface area (Å²) in [6.07, 6.45) is 12.0. The molecule has 2 aliphatic carbocycles. The molecule has 0 saturated heterocycles. The maximum absolute atomic E-state index is 13.2. The lowest BCUT2D eigenvalue weighted by molar-refractivity contribution is -0.155. The molecule has 2 unspecified atom stereocenters. The Morgan fingerprint density at radius 3 is 1.19 bits per heavy atom. The first-order valence-electron chi connectivity index (χ1n) is 23.2. The fourth-order valence-electron chi connectivity index (χ4n) is 7.73. The van der Waals surface area contributed by atoms with E-state index in [4.69, 9.17) is 28.4 Å². The van der Waals surface area contributed by atoms with E-state index in [1.165, 1.54) is 18.6 Å². The molecule has 8 nitrogen and oxygen atoms in total. The van der Waals surface area contributed by atoms with Crippen molar-refractivity contribution in [3.8, 4) is 106 Å². The van der Waals surface area contributed by atoms with E-state index < -0.39 is 12.2 Å². The summed E-state index contributed by atoms with van der Waals surface area (Å²) in [5.74, 6) is 46.5. The van der Waals surface area contributed by atoms with Crippen LogP contribution in [0.5, 0.6) is 11.5 Å². The molecule has 0 aliphatic heterocycles. The van der Waals surface area contributed by atoms with Crippen LogP contribution in [-0.4, -0.2) is 50.6 Å². The Morgan fingerprint density at radius 1 is 0.507 bits per heavy atom. The maximum atomic E-state index is 13.2. The van der Waals surface area contributed by atoms with Crippen molar-refractivity contribution in [3.63, 3.8) is 0 Å². The van der Waals surface area contributed by atoms with E-state index >= 15 is 0 Å². The van der Waals surface area contributed by atoms with Crippen molar-refractivity contribution in [3.05, 3.63) is 110 Å². The number of hydrogen-bond acceptors (Lipinski definition) is 8. The summed E-state index contributed by atoms with van der Waals surface area (Å²) in [4.78, 5) is 26.4. The molecular formula is C61H60O8. The van der Waals surface area contributed by atoms with Crippen molar-refractivity contribution in [2.75, 3.05) is 26.4 Å². The van der Waals surface area contributed by atoms with E-state index in [0.717, 1.165) is 62.5 Å². The zero-order valence-electron chi connectivity index (χ0n) is 39.9. The molecule has 2 aromatic carbocycles. The molecular weight excluding hydrogens is 861 g/mol. The van der Waals surface area contributed by atoms with Gasteiger partial charge in [0.2, 0.25) is 0 Å². The van der Waals surface area contributed by atoms with Gasteiger partial charge < -0.3 is 28.4 Å². The Bertz CT molecular complexity index is 2410. The highest BCUT2D eigenvalue weighted by atomic mass is 16.6. The SMILES string of the molecule is C=CC(=C)OCC(COc1ccc(C#CC#CC#CC#CC)cc1)OC(=O)CC1CCC(CC2CCC(CC(=O)OC(COC(=C)C=C)COc3ccc(C#CC#CC#CC#CC)cc3)CC2)CC1. The van der Waals surface area contributed by atoms with Crippen LogP contribution in [0.2, 0.25) is 0 Å². The van der Waals surface area contributed by atoms with Crippen LogP contribution in [-0.2, 0) is 28.5 Å². The minimum atomic E-state index is -0.635. The second-order valence-electron chi connectivity index (χ2n) is 16.5. The van der Waals surface area contributed by atoms with Crippen LogP contribution in [0.4, 0.5) is 0 Å². The van der Waals surface area contributed by atoms with Crippen molar-refractivity contribution in [1.82, 2.24) is 0 Å². The fraction of sp³-hybridized carbons (Fsp3) is 0.377. The molecule has 2 atom stereocenters. The van der Waals surface area contributed by atoms with Crippen molar-refractivity contribution in [2.24, 2.45) is 23.7 Å². The molecule has 2 aromatic rings. The number of allylic oxidation sites excluding steroid dienone is 2. The average molecular weight is 921 g/mol. The molecule has 2 saturated carbocycles. The third kappa shape index (κ3) is 22.9. The Balaban J connectivity index is 1.16. The molecule has 0 heterocycles. The fourth-order valence-corrected chi connectivity index (χ4v) is 7.73. The maximum Gasteiger partial charge on any atom is 0.306 e. The van der Waals surface area contributed by atoms with Crippen LogP contribution in [0.1, 0.15) is 95.6 Å². The van der Waals surface area contributed by atoms with Gasteiger partial charge in [0.25, 0.3) is 0 Å². The minimum Gasteiger partial charge on any atom is -0.490 e. The van der Waals surface area contributed by atoms with Crippen molar-refractivity contribution >= 4 is 11.9 Å². The first-order valence-corrected chi connectivity index (χ1v) is 23.2. The van der Waals surface area contributed by atoms with Crippen LogP contribution in [0.15, 0.2) is 98.5 Å². The molecule has 2 fully saturated rings. The number of rotatable bonds is 22. The molecule has 0 radical (unpaired) electrons. The Morgan fingerprint density at radius 2 is 0.841 bits per heavy atom. The van der Waals surface area contributed by atoms with Gasteiger partial charge in [0.15, 0.2) is 12.2 Å². The van der Waals surface area contributed by atoms with Gasteiger partial charge in [-0.15, -0.1) is 0 Å². The molecule has 8 heteroatoms. The van der Waals surface area contributed by atoms with Gasteiger partial charge in [-0.2, -0.15) is 0 Å². The van der Waals surface area contributed by atoms with Crippen molar-refractivity contribution < 1.29 is 38.0 Å². The van der Waals surface area contributed by atoms with E-state index in [0.29, 0.717) is 47.7 Å². The normalized spacial score (nSPS) is 17.0. The summed E-state index contributed by atoms with van der Waals surface area (Å²) in [6.45, 7) is 18.8. The Labute approximate surface area is 411 Å². The van der Waals surface area contributed by atoms with Gasteiger partial charge >= 0.3 is 11.9 Å². The number of hydrogen-bond donors (Lipinski definition) is 0. The highest BCUT2D eigenvalue weighted by Gasteiger charge is 2.30. The number of esters is 2. The summed E-state index contributed by atoms with van der Waals surface area (Å²) in [6, 6.07) is 14.5. The van der Waals surface area contributed by atoms with Gasteiger partial charge in [-0.1, -0.05) is 75.7 Å². The lowest BCUT2D eigenvalue weighted by Crippen LogP contribution is -2.31. The zero-order valence-corrected chi connectivity index (χ0v) is 39.9. The standard InChI is InChI=1S/C61H60O8/c1-7-11-13-15-17-19-21-23-50-33-37-56(38-34-50)66-46-58(44-64-48(5)9-3)68-60(62)42-54-29-25-52(26-30-54)41-53-27-31-55(32-28-53)43-61(63)69-59(45-65-49(6)10-4)47-67-57-39-35-51(36-40-57)24-22-20-18-16-14-12-8-2/h9-10,33-40,52-55,58-59H,3-6,25-32,41-47H2,1-2H3. The van der Waals surface area contributed by atoms with Gasteiger partial charge in [0.05, 0.1) is 0 Å². The third-order valence-corrected chi connectivity index (χ3v) is 11.3. The van der Waals surface area contributed by atoms with Crippen LogP contribution in [0.25, 0.3) is 0 Å². The molecule has 0 N–H and O–H groups in total. The number of carbonyl (C=O) groups is 2. The van der Waals surface area contributed by atoms with Crippen LogP contribution >= 0.6 is 0 Å². The van der Waals surface area contributed by atoms with E-state index in [2.05, 4.69) is 121 Å². The average Bonchev–Trinajstić information content (AvgIpc) is 3.36. The first-order chi connectivity index (χ1) is 33.7. The topological polar surface area (TPSA) is 89.5 Å². The predicted molar refractivity (Wildman–Crippen MR) is 271 cm³/mol. The van der Waals surface area contributed by atoms with Gasteiger partial charge in [0.1, 0.15) is 49.4 Å². The van der Waals surface area contributed by atoms with Gasteiger partial charge in [-0.05, 0) is 201 Å². The van der Waals surface area contributed by atoms with Gasteiger partial charge in [-0.25, -0.2) is 0 Å². The molecule has 4 rings (SSSR count).